The summed E-state index contributed by atoms with van der Waals surface area (Å²) in [5.74, 6) is -1.29. The zero-order valence-electron chi connectivity index (χ0n) is 15.8. The Labute approximate surface area is 191 Å². The van der Waals surface area contributed by atoms with E-state index in [1.54, 1.807) is 24.4 Å². The van der Waals surface area contributed by atoms with Crippen LogP contribution in [-0.4, -0.2) is 15.0 Å². The molecule has 167 valence electrons. The molecule has 0 saturated heterocycles. The Balaban J connectivity index is 0.000000224. The Kier molecular flexibility index (Phi) is 8.45. The van der Waals surface area contributed by atoms with E-state index < -0.39 is 28.9 Å². The van der Waals surface area contributed by atoms with Gasteiger partial charge in [0.25, 0.3) is 0 Å². The topological polar surface area (TPSA) is 69.8 Å². The zero-order chi connectivity index (χ0) is 22.4. The van der Waals surface area contributed by atoms with Crippen molar-refractivity contribution in [2.45, 2.75) is 6.18 Å². The largest absolute Gasteiger partial charge is 0.652 e. The van der Waals surface area contributed by atoms with Gasteiger partial charge in [0.2, 0.25) is 0 Å². The van der Waals surface area contributed by atoms with E-state index in [2.05, 4.69) is 26.0 Å². The van der Waals surface area contributed by atoms with Crippen molar-refractivity contribution >= 4 is 0 Å². The minimum Gasteiger partial charge on any atom is -0.652 e. The van der Waals surface area contributed by atoms with E-state index in [1.807, 2.05) is 0 Å². The molecule has 3 heterocycles. The molecule has 4 rings (SSSR count). The zero-order valence-corrected chi connectivity index (χ0v) is 18.2. The monoisotopic (exact) mass is 623 g/mol. The molecule has 0 fully saturated rings. The van der Waals surface area contributed by atoms with Gasteiger partial charge in [0.05, 0.1) is 11.9 Å². The van der Waals surface area contributed by atoms with Gasteiger partial charge in [-0.25, -0.2) is 0 Å². The normalized spacial score (nSPS) is 10.5. The van der Waals surface area contributed by atoms with Crippen LogP contribution in [0.15, 0.2) is 72.0 Å². The summed E-state index contributed by atoms with van der Waals surface area (Å²) in [5.41, 5.74) is -1.38. The van der Waals surface area contributed by atoms with Crippen LogP contribution in [0.3, 0.4) is 0 Å². The molecule has 0 atom stereocenters. The fourth-order valence-electron chi connectivity index (χ4n) is 2.37. The molecule has 0 aliphatic rings. The molecule has 4 aromatic rings. The van der Waals surface area contributed by atoms with Crippen molar-refractivity contribution < 1.29 is 42.1 Å². The summed E-state index contributed by atoms with van der Waals surface area (Å²) in [6.07, 6.45) is 0.808. The van der Waals surface area contributed by atoms with Gasteiger partial charge in [-0.1, -0.05) is 23.8 Å². The second-order valence-corrected chi connectivity index (χ2v) is 5.92. The molecule has 32 heavy (non-hydrogen) atoms. The van der Waals surface area contributed by atoms with Gasteiger partial charge in [-0.05, 0) is 29.6 Å². The molecule has 3 aromatic heterocycles. The van der Waals surface area contributed by atoms with E-state index in [9.17, 15) is 26.7 Å². The van der Waals surface area contributed by atoms with Crippen molar-refractivity contribution in [2.24, 2.45) is 0 Å². The van der Waals surface area contributed by atoms with Crippen molar-refractivity contribution in [1.29, 1.82) is 0 Å². The van der Waals surface area contributed by atoms with Gasteiger partial charge in [-0.3, -0.25) is 23.5 Å². The van der Waals surface area contributed by atoms with E-state index in [0.717, 1.165) is 18.2 Å². The first-order chi connectivity index (χ1) is 14.7. The minimum atomic E-state index is -4.66. The first kappa shape index (κ1) is 25.0. The van der Waals surface area contributed by atoms with Crippen LogP contribution in [0.4, 0.5) is 22.0 Å². The number of nitrogens with zero attached hydrogens (tertiary/aromatic N) is 4. The van der Waals surface area contributed by atoms with E-state index in [-0.39, 0.29) is 37.1 Å². The molecule has 0 unspecified atom stereocenters. The molecule has 0 N–H and O–H groups in total. The average Bonchev–Trinajstić information content (AvgIpc) is 2.74. The number of halogens is 5. The number of aromatic nitrogens is 4. The second-order valence-electron chi connectivity index (χ2n) is 5.92. The Morgan fingerprint density at radius 3 is 2.28 bits per heavy atom. The molecule has 11 heteroatoms. The van der Waals surface area contributed by atoms with Crippen molar-refractivity contribution in [3.05, 3.63) is 101 Å². The minimum absolute atomic E-state index is 0. The van der Waals surface area contributed by atoms with Gasteiger partial charge in [-0.15, -0.1) is 17.8 Å². The molecule has 0 saturated carbocycles. The standard InChI is InChI=1S/C11H6F2N.C10H6F3N3O.Ir/c12-8-4-5-9(10(13)7-8)11-3-1-2-6-14-11;11-10(12,13)9-4-6(17)3-7(16-9)8-5-14-1-2-15-8;/h1-4,6-7H;1-5H,(H,16,17);/q-1;;/p-1. The summed E-state index contributed by atoms with van der Waals surface area (Å²) < 4.78 is 63.1. The maximum atomic E-state index is 13.2. The molecule has 0 aliphatic heterocycles. The summed E-state index contributed by atoms with van der Waals surface area (Å²) in [6, 6.07) is 11.0. The maximum absolute atomic E-state index is 13.2. The van der Waals surface area contributed by atoms with E-state index in [4.69, 9.17) is 0 Å². The number of hydrogen-bond donors (Lipinski definition) is 0. The Morgan fingerprint density at radius 2 is 1.69 bits per heavy atom. The van der Waals surface area contributed by atoms with Crippen LogP contribution >= 0.6 is 0 Å². The van der Waals surface area contributed by atoms with Crippen molar-refractivity contribution in [2.75, 3.05) is 0 Å². The summed E-state index contributed by atoms with van der Waals surface area (Å²) >= 11 is 0. The summed E-state index contributed by atoms with van der Waals surface area (Å²) in [5, 5.41) is 0. The van der Waals surface area contributed by atoms with Gasteiger partial charge in [0.1, 0.15) is 0 Å². The van der Waals surface area contributed by atoms with E-state index >= 15 is 0 Å². The predicted octanol–water partition coefficient (Wildman–Crippen LogP) is 4.30. The summed E-state index contributed by atoms with van der Waals surface area (Å²) in [6.45, 7) is 0. The molecular weight excluding hydrogens is 611 g/mol. The van der Waals surface area contributed by atoms with Gasteiger partial charge in [0.15, 0.2) is 5.43 Å². The van der Waals surface area contributed by atoms with Crippen molar-refractivity contribution in [1.82, 2.24) is 19.9 Å². The van der Waals surface area contributed by atoms with Crippen LogP contribution < -0.4 is 10.4 Å². The number of hydrogen-bond acceptors (Lipinski definition) is 4. The molecule has 0 aliphatic carbocycles. The second kappa shape index (κ2) is 10.8. The Morgan fingerprint density at radius 1 is 0.938 bits per heavy atom. The van der Waals surface area contributed by atoms with Crippen LogP contribution in [0.5, 0.6) is 0 Å². The third-order valence-corrected chi connectivity index (χ3v) is 3.69. The first-order valence-electron chi connectivity index (χ1n) is 8.55. The van der Waals surface area contributed by atoms with Crippen molar-refractivity contribution in [3.63, 3.8) is 0 Å². The molecular formula is C21H11F5IrN4O-2. The summed E-state index contributed by atoms with van der Waals surface area (Å²) in [4.78, 5) is 25.9. The third kappa shape index (κ3) is 6.60. The maximum Gasteiger partial charge on any atom is 0.396 e. The van der Waals surface area contributed by atoms with Crippen LogP contribution in [0.1, 0.15) is 5.69 Å². The molecule has 5 nitrogen and oxygen atoms in total. The fourth-order valence-corrected chi connectivity index (χ4v) is 2.37. The smallest absolute Gasteiger partial charge is 0.396 e. The SMILES string of the molecule is Fc1c[c-]c(-c2ccccn2)c(F)c1.O=c1cc(-c2cnccn2)[n-]c(C(F)(F)F)c1.[Ir]. The fraction of sp³-hybridized carbons (Fsp3) is 0.0476. The number of rotatable bonds is 2. The number of alkyl halides is 3. The van der Waals surface area contributed by atoms with Crippen LogP contribution in [0.25, 0.3) is 22.6 Å². The van der Waals surface area contributed by atoms with Crippen LogP contribution in [0, 0.1) is 17.7 Å². The predicted molar refractivity (Wildman–Crippen MR) is 100 cm³/mol. The van der Waals surface area contributed by atoms with Gasteiger partial charge >= 0.3 is 6.18 Å². The van der Waals surface area contributed by atoms with Crippen LogP contribution in [0.2, 0.25) is 0 Å². The molecule has 0 bridgehead atoms. The van der Waals surface area contributed by atoms with Crippen LogP contribution in [-0.2, 0) is 26.3 Å². The van der Waals surface area contributed by atoms with Gasteiger partial charge < -0.3 is 9.97 Å². The molecule has 0 spiro atoms. The summed E-state index contributed by atoms with van der Waals surface area (Å²) in [7, 11) is 0. The number of pyridine rings is 2. The quantitative estimate of drug-likeness (QED) is 0.247. The van der Waals surface area contributed by atoms with Gasteiger partial charge in [0, 0.05) is 50.3 Å². The molecule has 0 amide bonds. The van der Waals surface area contributed by atoms with Crippen molar-refractivity contribution in [3.8, 4) is 22.6 Å². The average molecular weight is 623 g/mol. The van der Waals surface area contributed by atoms with E-state index in [0.29, 0.717) is 11.8 Å². The first-order valence-corrected chi connectivity index (χ1v) is 8.55. The molecule has 1 radical (unpaired) electrons. The molecule has 1 aromatic carbocycles. The Hall–Kier alpha value is -3.30. The van der Waals surface area contributed by atoms with E-state index in [1.165, 1.54) is 18.6 Å². The number of benzene rings is 1. The Bertz CT molecular complexity index is 1220. The third-order valence-electron chi connectivity index (χ3n) is 3.69. The van der Waals surface area contributed by atoms with Gasteiger partial charge in [-0.2, -0.15) is 13.2 Å².